The van der Waals surface area contributed by atoms with Crippen molar-refractivity contribution in [1.82, 2.24) is 5.32 Å². The molecule has 0 aliphatic heterocycles. The Bertz CT molecular complexity index is 898. The van der Waals surface area contributed by atoms with Gasteiger partial charge in [-0.1, -0.05) is 48.5 Å². The fraction of sp³-hybridized carbons (Fsp3) is 0.273. The summed E-state index contributed by atoms with van der Waals surface area (Å²) >= 11 is 0. The van der Waals surface area contributed by atoms with E-state index >= 15 is 0 Å². The lowest BCUT2D eigenvalue weighted by atomic mass is 10.0. The first-order chi connectivity index (χ1) is 12.5. The third-order valence-electron chi connectivity index (χ3n) is 4.48. The van der Waals surface area contributed by atoms with Crippen molar-refractivity contribution in [3.05, 3.63) is 77.6 Å². The zero-order valence-corrected chi connectivity index (χ0v) is 16.4. The highest BCUT2D eigenvalue weighted by molar-refractivity contribution is 5.87. The zero-order valence-electron chi connectivity index (χ0n) is 15.5. The van der Waals surface area contributed by atoms with Gasteiger partial charge in [0, 0.05) is 23.2 Å². The molecule has 144 valence electrons. The number of hydrogen-bond acceptors (Lipinski definition) is 3. The molecule has 27 heavy (non-hydrogen) atoms. The Labute approximate surface area is 165 Å². The zero-order chi connectivity index (χ0) is 18.6. The van der Waals surface area contributed by atoms with Gasteiger partial charge in [0.05, 0.1) is 6.61 Å². The molecule has 0 amide bonds. The maximum atomic E-state index is 13.9. The number of nitrogens with one attached hydrogen (secondary N) is 1. The summed E-state index contributed by atoms with van der Waals surface area (Å²) in [5.41, 5.74) is 1.12. The molecule has 0 radical (unpaired) electrons. The number of rotatable bonds is 7. The number of halogens is 2. The largest absolute Gasteiger partial charge is 0.488 e. The lowest BCUT2D eigenvalue weighted by Crippen LogP contribution is -2.42. The van der Waals surface area contributed by atoms with Crippen LogP contribution in [0.25, 0.3) is 10.8 Å². The molecule has 0 bridgehead atoms. The third kappa shape index (κ3) is 5.19. The molecule has 0 saturated heterocycles. The van der Waals surface area contributed by atoms with Crippen LogP contribution in [0.5, 0.6) is 5.75 Å². The molecule has 0 fully saturated rings. The van der Waals surface area contributed by atoms with Crippen LogP contribution in [0.3, 0.4) is 0 Å². The Kier molecular flexibility index (Phi) is 7.19. The minimum atomic E-state index is -0.403. The molecule has 0 unspecified atom stereocenters. The predicted molar refractivity (Wildman–Crippen MR) is 110 cm³/mol. The van der Waals surface area contributed by atoms with Gasteiger partial charge in [-0.05, 0) is 36.8 Å². The summed E-state index contributed by atoms with van der Waals surface area (Å²) in [7, 11) is 0. The van der Waals surface area contributed by atoms with Crippen molar-refractivity contribution >= 4 is 23.2 Å². The maximum Gasteiger partial charge on any atom is 0.129 e. The van der Waals surface area contributed by atoms with E-state index in [1.165, 1.54) is 6.07 Å². The monoisotopic (exact) mass is 389 g/mol. The van der Waals surface area contributed by atoms with Gasteiger partial charge in [-0.2, -0.15) is 0 Å². The first kappa shape index (κ1) is 21.2. The van der Waals surface area contributed by atoms with Gasteiger partial charge < -0.3 is 15.2 Å². The van der Waals surface area contributed by atoms with Crippen molar-refractivity contribution in [3.63, 3.8) is 0 Å². The Morgan fingerprint density at radius 3 is 2.44 bits per heavy atom. The molecule has 3 aromatic rings. The normalized spacial score (nSPS) is 11.3. The number of hydrogen-bond donors (Lipinski definition) is 2. The van der Waals surface area contributed by atoms with Crippen molar-refractivity contribution in [2.45, 2.75) is 32.5 Å². The van der Waals surface area contributed by atoms with Crippen LogP contribution in [0, 0.1) is 5.82 Å². The molecule has 0 atom stereocenters. The molecule has 0 spiro atoms. The Morgan fingerprint density at radius 1 is 1.00 bits per heavy atom. The van der Waals surface area contributed by atoms with Crippen LogP contribution >= 0.6 is 12.4 Å². The smallest absolute Gasteiger partial charge is 0.129 e. The number of fused-ring (bicyclic) bond motifs is 1. The topological polar surface area (TPSA) is 41.5 Å². The molecule has 3 aromatic carbocycles. The summed E-state index contributed by atoms with van der Waals surface area (Å²) in [5.74, 6) is 0.447. The maximum absolute atomic E-state index is 13.9. The van der Waals surface area contributed by atoms with Gasteiger partial charge in [-0.3, -0.25) is 0 Å². The van der Waals surface area contributed by atoms with E-state index in [0.29, 0.717) is 17.9 Å². The SMILES string of the molecule is CC(C)(CO)NCc1c(OCc2ccccc2F)ccc2ccccc12.Cl. The van der Waals surface area contributed by atoms with E-state index in [0.717, 1.165) is 16.3 Å². The first-order valence-electron chi connectivity index (χ1n) is 8.73. The fourth-order valence-corrected chi connectivity index (χ4v) is 2.79. The average Bonchev–Trinajstić information content (AvgIpc) is 2.66. The van der Waals surface area contributed by atoms with Gasteiger partial charge in [-0.25, -0.2) is 4.39 Å². The third-order valence-corrected chi connectivity index (χ3v) is 4.48. The van der Waals surface area contributed by atoms with E-state index in [1.54, 1.807) is 18.2 Å². The Hall–Kier alpha value is -2.14. The van der Waals surface area contributed by atoms with Crippen molar-refractivity contribution < 1.29 is 14.2 Å². The standard InChI is InChI=1S/C22H24FNO2.ClH/c1-22(2,15-25)24-13-19-18-9-5-3-7-16(18)11-12-21(19)26-14-17-8-4-6-10-20(17)23;/h3-12,24-25H,13-15H2,1-2H3;1H. The number of aliphatic hydroxyl groups is 1. The van der Waals surface area contributed by atoms with Gasteiger partial charge in [-0.15, -0.1) is 12.4 Å². The van der Waals surface area contributed by atoms with Crippen LogP contribution in [0.15, 0.2) is 60.7 Å². The van der Waals surface area contributed by atoms with E-state index < -0.39 is 5.54 Å². The van der Waals surface area contributed by atoms with Gasteiger partial charge in [0.1, 0.15) is 18.2 Å². The molecule has 2 N–H and O–H groups in total. The van der Waals surface area contributed by atoms with Crippen LogP contribution < -0.4 is 10.1 Å². The summed E-state index contributed by atoms with van der Waals surface area (Å²) < 4.78 is 19.8. The van der Waals surface area contributed by atoms with E-state index in [-0.39, 0.29) is 31.4 Å². The Morgan fingerprint density at radius 2 is 1.70 bits per heavy atom. The summed E-state index contributed by atoms with van der Waals surface area (Å²) in [6.45, 7) is 4.63. The van der Waals surface area contributed by atoms with E-state index in [2.05, 4.69) is 11.4 Å². The molecule has 5 heteroatoms. The van der Waals surface area contributed by atoms with Crippen molar-refractivity contribution in [2.75, 3.05) is 6.61 Å². The average molecular weight is 390 g/mol. The molecule has 0 saturated carbocycles. The summed E-state index contributed by atoms with van der Waals surface area (Å²) in [4.78, 5) is 0. The highest BCUT2D eigenvalue weighted by atomic mass is 35.5. The van der Waals surface area contributed by atoms with Crippen LogP contribution in [-0.4, -0.2) is 17.3 Å². The highest BCUT2D eigenvalue weighted by Gasteiger charge is 2.17. The molecule has 3 nitrogen and oxygen atoms in total. The van der Waals surface area contributed by atoms with Crippen molar-refractivity contribution in [1.29, 1.82) is 0 Å². The molecule has 0 aromatic heterocycles. The number of aliphatic hydroxyl groups excluding tert-OH is 1. The molecule has 0 heterocycles. The summed E-state index contributed by atoms with van der Waals surface area (Å²) in [5, 5.41) is 15.1. The molecule has 0 aliphatic carbocycles. The highest BCUT2D eigenvalue weighted by Crippen LogP contribution is 2.29. The minimum Gasteiger partial charge on any atom is -0.488 e. The second-order valence-electron chi connectivity index (χ2n) is 7.04. The lowest BCUT2D eigenvalue weighted by molar-refractivity contribution is 0.187. The minimum absolute atomic E-state index is 0. The fourth-order valence-electron chi connectivity index (χ4n) is 2.79. The van der Waals surface area contributed by atoms with Crippen LogP contribution in [0.1, 0.15) is 25.0 Å². The van der Waals surface area contributed by atoms with Crippen LogP contribution in [0.2, 0.25) is 0 Å². The van der Waals surface area contributed by atoms with Crippen molar-refractivity contribution in [3.8, 4) is 5.75 Å². The second-order valence-corrected chi connectivity index (χ2v) is 7.04. The molecular formula is C22H25ClFNO2. The summed E-state index contributed by atoms with van der Waals surface area (Å²) in [6.07, 6.45) is 0. The second kappa shape index (κ2) is 9.18. The van der Waals surface area contributed by atoms with Gasteiger partial charge >= 0.3 is 0 Å². The Balaban J connectivity index is 0.00000261. The van der Waals surface area contributed by atoms with Crippen LogP contribution in [0.4, 0.5) is 4.39 Å². The number of ether oxygens (including phenoxy) is 1. The first-order valence-corrected chi connectivity index (χ1v) is 8.73. The molecule has 0 aliphatic rings. The number of benzene rings is 3. The van der Waals surface area contributed by atoms with Gasteiger partial charge in [0.15, 0.2) is 0 Å². The van der Waals surface area contributed by atoms with E-state index in [1.807, 2.05) is 44.2 Å². The summed E-state index contributed by atoms with van der Waals surface area (Å²) in [6, 6.07) is 18.6. The van der Waals surface area contributed by atoms with E-state index in [9.17, 15) is 9.50 Å². The molecule has 3 rings (SSSR count). The van der Waals surface area contributed by atoms with Crippen LogP contribution in [-0.2, 0) is 13.2 Å². The van der Waals surface area contributed by atoms with Crippen molar-refractivity contribution in [2.24, 2.45) is 0 Å². The predicted octanol–water partition coefficient (Wildman–Crippen LogP) is 4.84. The molecular weight excluding hydrogens is 365 g/mol. The van der Waals surface area contributed by atoms with Gasteiger partial charge in [0.25, 0.3) is 0 Å². The van der Waals surface area contributed by atoms with Gasteiger partial charge in [0.2, 0.25) is 0 Å². The quantitative estimate of drug-likeness (QED) is 0.607. The lowest BCUT2D eigenvalue weighted by Gasteiger charge is -2.25. The van der Waals surface area contributed by atoms with E-state index in [4.69, 9.17) is 4.74 Å².